The first-order valence-electron chi connectivity index (χ1n) is 6.18. The number of hydrogen-bond acceptors (Lipinski definition) is 6. The highest BCUT2D eigenvalue weighted by Crippen LogP contribution is 2.18. The lowest BCUT2D eigenvalue weighted by atomic mass is 10.4. The molecule has 3 aromatic rings. The minimum atomic E-state index is 0.494. The summed E-state index contributed by atoms with van der Waals surface area (Å²) in [4.78, 5) is 8.72. The van der Waals surface area contributed by atoms with Crippen molar-refractivity contribution >= 4 is 17.3 Å². The minimum Gasteiger partial charge on any atom is -0.461 e. The second kappa shape index (κ2) is 4.76. The molecular weight excluding hydrogens is 256 g/mol. The van der Waals surface area contributed by atoms with E-state index in [0.717, 1.165) is 11.4 Å². The van der Waals surface area contributed by atoms with Crippen molar-refractivity contribution in [3.8, 4) is 11.6 Å². The Morgan fingerprint density at radius 1 is 1.35 bits per heavy atom. The minimum absolute atomic E-state index is 0.494. The van der Waals surface area contributed by atoms with Crippen LogP contribution in [0.15, 0.2) is 34.0 Å². The molecule has 0 saturated heterocycles. The van der Waals surface area contributed by atoms with Gasteiger partial charge in [0.05, 0.1) is 6.26 Å². The average Bonchev–Trinajstić information content (AvgIpc) is 3.03. The van der Waals surface area contributed by atoms with Crippen LogP contribution in [0.2, 0.25) is 0 Å². The molecule has 7 nitrogen and oxygen atoms in total. The van der Waals surface area contributed by atoms with Gasteiger partial charge in [-0.05, 0) is 32.9 Å². The SMILES string of the molecule is CC(C)=NNc1cc(C)nc2nc(-c3ccco3)nn12. The number of nitrogens with zero attached hydrogens (tertiary/aromatic N) is 5. The van der Waals surface area contributed by atoms with Gasteiger partial charge in [0.15, 0.2) is 11.6 Å². The molecule has 0 amide bonds. The van der Waals surface area contributed by atoms with Crippen LogP contribution in [0.3, 0.4) is 0 Å². The number of nitrogens with one attached hydrogen (secondary N) is 1. The Labute approximate surface area is 115 Å². The molecule has 0 aliphatic carbocycles. The summed E-state index contributed by atoms with van der Waals surface area (Å²) in [5, 5.41) is 8.58. The van der Waals surface area contributed by atoms with Crippen molar-refractivity contribution in [1.82, 2.24) is 19.6 Å². The molecule has 102 valence electrons. The maximum atomic E-state index is 5.30. The van der Waals surface area contributed by atoms with E-state index < -0.39 is 0 Å². The number of rotatable bonds is 3. The molecule has 0 aromatic carbocycles. The molecule has 3 heterocycles. The van der Waals surface area contributed by atoms with Crippen molar-refractivity contribution in [2.75, 3.05) is 5.43 Å². The predicted octanol–water partition coefficient (Wildman–Crippen LogP) is 2.50. The lowest BCUT2D eigenvalue weighted by molar-refractivity contribution is 0.577. The molecule has 3 aromatic heterocycles. The number of furan rings is 1. The van der Waals surface area contributed by atoms with Gasteiger partial charge < -0.3 is 4.42 Å². The smallest absolute Gasteiger partial charge is 0.255 e. The molecule has 0 fully saturated rings. The lowest BCUT2D eigenvalue weighted by Gasteiger charge is -2.04. The Balaban J connectivity index is 2.12. The molecule has 0 bridgehead atoms. The van der Waals surface area contributed by atoms with Gasteiger partial charge >= 0.3 is 0 Å². The van der Waals surface area contributed by atoms with Gasteiger partial charge in [-0.15, -0.1) is 5.10 Å². The van der Waals surface area contributed by atoms with E-state index in [-0.39, 0.29) is 0 Å². The van der Waals surface area contributed by atoms with Crippen molar-refractivity contribution in [1.29, 1.82) is 0 Å². The van der Waals surface area contributed by atoms with Gasteiger partial charge in [-0.3, -0.25) is 5.43 Å². The van der Waals surface area contributed by atoms with E-state index >= 15 is 0 Å². The zero-order chi connectivity index (χ0) is 14.1. The number of aromatic nitrogens is 4. The summed E-state index contributed by atoms with van der Waals surface area (Å²) in [7, 11) is 0. The normalized spacial score (nSPS) is 10.8. The Bertz CT molecular complexity index is 768. The third-order valence-electron chi connectivity index (χ3n) is 2.58. The van der Waals surface area contributed by atoms with E-state index in [4.69, 9.17) is 4.42 Å². The zero-order valence-electron chi connectivity index (χ0n) is 11.5. The van der Waals surface area contributed by atoms with E-state index in [0.29, 0.717) is 23.2 Å². The highest BCUT2D eigenvalue weighted by Gasteiger charge is 2.12. The fourth-order valence-corrected chi connectivity index (χ4v) is 1.75. The van der Waals surface area contributed by atoms with Crippen LogP contribution >= 0.6 is 0 Å². The third-order valence-corrected chi connectivity index (χ3v) is 2.58. The van der Waals surface area contributed by atoms with Crippen molar-refractivity contribution in [2.45, 2.75) is 20.8 Å². The zero-order valence-corrected chi connectivity index (χ0v) is 11.5. The molecule has 0 atom stereocenters. The van der Waals surface area contributed by atoms with Gasteiger partial charge in [0, 0.05) is 17.5 Å². The number of fused-ring (bicyclic) bond motifs is 1. The van der Waals surface area contributed by atoms with Gasteiger partial charge in [0.1, 0.15) is 0 Å². The van der Waals surface area contributed by atoms with Crippen molar-refractivity contribution < 1.29 is 4.42 Å². The fraction of sp³-hybridized carbons (Fsp3) is 0.231. The Morgan fingerprint density at radius 3 is 2.90 bits per heavy atom. The predicted molar refractivity (Wildman–Crippen MR) is 75.6 cm³/mol. The summed E-state index contributed by atoms with van der Waals surface area (Å²) in [6.45, 7) is 5.72. The molecule has 0 aliphatic heterocycles. The summed E-state index contributed by atoms with van der Waals surface area (Å²) >= 11 is 0. The number of hydrazone groups is 1. The van der Waals surface area contributed by atoms with Gasteiger partial charge in [0.25, 0.3) is 5.78 Å². The first kappa shape index (κ1) is 12.3. The summed E-state index contributed by atoms with van der Waals surface area (Å²) in [6, 6.07) is 5.46. The van der Waals surface area contributed by atoms with Crippen LogP contribution in [0.5, 0.6) is 0 Å². The maximum absolute atomic E-state index is 5.30. The molecule has 0 radical (unpaired) electrons. The topological polar surface area (TPSA) is 80.6 Å². The van der Waals surface area contributed by atoms with Crippen molar-refractivity contribution in [3.63, 3.8) is 0 Å². The van der Waals surface area contributed by atoms with Gasteiger partial charge in [-0.1, -0.05) is 0 Å². The van der Waals surface area contributed by atoms with Crippen LogP contribution in [0.25, 0.3) is 17.4 Å². The Kier molecular flexibility index (Phi) is 2.94. The van der Waals surface area contributed by atoms with Gasteiger partial charge in [-0.25, -0.2) is 4.98 Å². The Morgan fingerprint density at radius 2 is 2.20 bits per heavy atom. The quantitative estimate of drug-likeness (QED) is 0.584. The summed E-state index contributed by atoms with van der Waals surface area (Å²) in [5.41, 5.74) is 4.72. The van der Waals surface area contributed by atoms with Crippen LogP contribution in [-0.2, 0) is 0 Å². The molecule has 3 rings (SSSR count). The van der Waals surface area contributed by atoms with E-state index in [1.807, 2.05) is 32.9 Å². The summed E-state index contributed by atoms with van der Waals surface area (Å²) < 4.78 is 6.91. The molecule has 0 aliphatic rings. The first-order valence-corrected chi connectivity index (χ1v) is 6.18. The van der Waals surface area contributed by atoms with E-state index in [1.165, 1.54) is 0 Å². The summed E-state index contributed by atoms with van der Waals surface area (Å²) in [6.07, 6.45) is 1.59. The lowest BCUT2D eigenvalue weighted by Crippen LogP contribution is -2.03. The van der Waals surface area contributed by atoms with Crippen LogP contribution in [-0.4, -0.2) is 25.3 Å². The van der Waals surface area contributed by atoms with Gasteiger partial charge in [-0.2, -0.15) is 14.6 Å². The molecule has 0 saturated carbocycles. The van der Waals surface area contributed by atoms with E-state index in [2.05, 4.69) is 25.6 Å². The Hall–Kier alpha value is -2.70. The largest absolute Gasteiger partial charge is 0.461 e. The highest BCUT2D eigenvalue weighted by molar-refractivity contribution is 5.79. The molecule has 7 heteroatoms. The average molecular weight is 270 g/mol. The first-order chi connectivity index (χ1) is 9.63. The monoisotopic (exact) mass is 270 g/mol. The standard InChI is InChI=1S/C13H14N6O/c1-8(2)16-17-11-7-9(3)14-13-15-12(18-19(11)13)10-5-4-6-20-10/h4-7,17H,1-3H3. The van der Waals surface area contributed by atoms with Crippen LogP contribution in [0.1, 0.15) is 19.5 Å². The van der Waals surface area contributed by atoms with Crippen molar-refractivity contribution in [2.24, 2.45) is 5.10 Å². The second-order valence-electron chi connectivity index (χ2n) is 4.58. The second-order valence-corrected chi connectivity index (χ2v) is 4.58. The highest BCUT2D eigenvalue weighted by atomic mass is 16.3. The van der Waals surface area contributed by atoms with Crippen LogP contribution in [0, 0.1) is 6.92 Å². The summed E-state index contributed by atoms with van der Waals surface area (Å²) in [5.74, 6) is 2.31. The third kappa shape index (κ3) is 2.25. The van der Waals surface area contributed by atoms with Crippen molar-refractivity contribution in [3.05, 3.63) is 30.2 Å². The maximum Gasteiger partial charge on any atom is 0.255 e. The fourth-order valence-electron chi connectivity index (χ4n) is 1.75. The van der Waals surface area contributed by atoms with E-state index in [9.17, 15) is 0 Å². The van der Waals surface area contributed by atoms with E-state index in [1.54, 1.807) is 16.8 Å². The molecule has 1 N–H and O–H groups in total. The number of hydrogen-bond donors (Lipinski definition) is 1. The molecule has 0 spiro atoms. The molecule has 0 unspecified atom stereocenters. The number of aryl methyl sites for hydroxylation is 1. The van der Waals surface area contributed by atoms with Crippen LogP contribution in [0.4, 0.5) is 5.82 Å². The number of anilines is 1. The molecular formula is C13H14N6O. The van der Waals surface area contributed by atoms with Gasteiger partial charge in [0.2, 0.25) is 5.82 Å². The van der Waals surface area contributed by atoms with Crippen LogP contribution < -0.4 is 5.43 Å². The molecule has 20 heavy (non-hydrogen) atoms.